The Bertz CT molecular complexity index is 19.8. The molecule has 0 aliphatic carbocycles. The Morgan fingerprint density at radius 1 is 0.583 bits per heavy atom. The first-order valence-electron chi connectivity index (χ1n) is 2.20. The second-order valence-corrected chi connectivity index (χ2v) is 0. The van der Waals surface area contributed by atoms with Crippen LogP contribution in [0.4, 0.5) is 0 Å². The summed E-state index contributed by atoms with van der Waals surface area (Å²) in [6, 6.07) is 0. The Morgan fingerprint density at radius 3 is 0.583 bits per heavy atom. The molecule has 0 saturated heterocycles. The molecule has 5 nitrogen and oxygen atoms in total. The van der Waals surface area contributed by atoms with E-state index in [1.54, 1.807) is 0 Å². The molecule has 0 aromatic rings. The van der Waals surface area contributed by atoms with Crippen molar-refractivity contribution in [2.75, 3.05) is 35.5 Å². The number of rotatable bonds is 0. The van der Waals surface area contributed by atoms with E-state index in [9.17, 15) is 0 Å². The zero-order valence-electron chi connectivity index (χ0n) is 8.61. The average molecular weight is 278 g/mol. The van der Waals surface area contributed by atoms with Gasteiger partial charge in [0.25, 0.3) is 0 Å². The minimum atomic E-state index is 0. The predicted octanol–water partition coefficient (Wildman–Crippen LogP) is -5.59. The van der Waals surface area contributed by atoms with Gasteiger partial charge < -0.3 is 25.5 Å². The molecule has 0 aliphatic heterocycles. The van der Waals surface area contributed by atoms with Gasteiger partial charge in [0.1, 0.15) is 0 Å². The van der Waals surface area contributed by atoms with Crippen molar-refractivity contribution in [3.63, 3.8) is 0 Å². The van der Waals surface area contributed by atoms with E-state index < -0.39 is 0 Å². The van der Waals surface area contributed by atoms with Crippen molar-refractivity contribution in [3.05, 3.63) is 0 Å². The molecule has 0 rings (SSSR count). The van der Waals surface area contributed by atoms with Crippen LogP contribution < -0.4 is 34.7 Å². The summed E-state index contributed by atoms with van der Waals surface area (Å²) in [5.41, 5.74) is 0. The van der Waals surface area contributed by atoms with Gasteiger partial charge in [0.2, 0.25) is 0 Å². The van der Waals surface area contributed by atoms with Gasteiger partial charge in [-0.1, -0.05) is 0 Å². The molecule has 0 aromatic heterocycles. The Hall–Kier alpha value is 1.49. The second-order valence-electron chi connectivity index (χ2n) is 0. The third-order valence-corrected chi connectivity index (χ3v) is 0. The van der Waals surface area contributed by atoms with Gasteiger partial charge in [0.15, 0.2) is 0 Å². The van der Waals surface area contributed by atoms with Crippen LogP contribution in [0.5, 0.6) is 0 Å². The van der Waals surface area contributed by atoms with Crippen molar-refractivity contribution in [1.82, 2.24) is 0 Å². The van der Waals surface area contributed by atoms with Gasteiger partial charge >= 0.3 is 29.6 Å². The number of hydrogen-bond acceptors (Lipinski definition) is 5. The molecule has 7 heteroatoms. The summed E-state index contributed by atoms with van der Waals surface area (Å²) in [7, 11) is 4.75. The molecule has 0 bridgehead atoms. The van der Waals surface area contributed by atoms with E-state index in [1.807, 2.05) is 0 Å². The third kappa shape index (κ3) is 571. The Kier molecular flexibility index (Phi) is 3100. The minimum absolute atomic E-state index is 0. The number of hydrogen-bond donors (Lipinski definition) is 4. The topological polar surface area (TPSA) is 104 Å². The first kappa shape index (κ1) is 50.0. The molecule has 0 aliphatic rings. The summed E-state index contributed by atoms with van der Waals surface area (Å²) in [5.74, 6) is 0. The predicted molar refractivity (Wildman–Crippen MR) is 38.5 cm³/mol. The van der Waals surface area contributed by atoms with Gasteiger partial charge in [-0.15, -0.1) is 0 Å². The molecule has 0 atom stereocenters. The maximum absolute atomic E-state index is 8.25. The molecule has 0 radical (unpaired) electrons. The zero-order chi connectivity index (χ0) is 10.0. The molecule has 0 unspecified atom stereocenters. The third-order valence-electron chi connectivity index (χ3n) is 0. The van der Waals surface area contributed by atoms with Gasteiger partial charge in [-0.25, -0.2) is 0 Å². The van der Waals surface area contributed by atoms with Crippen molar-refractivity contribution in [3.8, 4) is 0 Å². The van der Waals surface area contributed by atoms with Crippen LogP contribution in [-0.2, 0) is 21.1 Å². The van der Waals surface area contributed by atoms with E-state index in [2.05, 4.69) is 0 Å². The van der Waals surface area contributed by atoms with E-state index in [0.29, 0.717) is 0 Å². The molecule has 4 N–H and O–H groups in total. The second kappa shape index (κ2) is 744. The van der Waals surface area contributed by atoms with Crippen molar-refractivity contribution in [2.45, 2.75) is 0 Å². The molecule has 76 valence electrons. The number of aliphatic hydroxyl groups is 4. The molecule has 0 fully saturated rings. The van der Waals surface area contributed by atoms with Crippen LogP contribution in [0.3, 0.4) is 0 Å². The van der Waals surface area contributed by atoms with Crippen LogP contribution in [-0.4, -0.2) is 56.0 Å². The zero-order valence-corrected chi connectivity index (χ0v) is 12.6. The summed E-state index contributed by atoms with van der Waals surface area (Å²) < 4.78 is 0. The fraction of sp³-hybridized carbons (Fsp3) is 1.00. The molecule has 0 aromatic carbocycles. The summed E-state index contributed by atoms with van der Waals surface area (Å²) in [4.78, 5) is 0. The fourth-order valence-electron chi connectivity index (χ4n) is 0. The molecule has 0 heterocycles. The fourth-order valence-corrected chi connectivity index (χ4v) is 0. The van der Waals surface area contributed by atoms with Crippen molar-refractivity contribution >= 4 is 0 Å². The van der Waals surface area contributed by atoms with Gasteiger partial charge in [0, 0.05) is 49.5 Å². The van der Waals surface area contributed by atoms with E-state index in [-0.39, 0.29) is 50.6 Å². The van der Waals surface area contributed by atoms with Crippen molar-refractivity contribution < 1.29 is 76.2 Å². The molecule has 0 spiro atoms. The largest absolute Gasteiger partial charge is 1.00 e. The first-order valence-corrected chi connectivity index (χ1v) is 2.20. The van der Waals surface area contributed by atoms with E-state index in [1.165, 1.54) is 0 Å². The quantitative estimate of drug-likeness (QED) is 0.331. The van der Waals surface area contributed by atoms with Crippen LogP contribution in [0.25, 0.3) is 0 Å². The van der Waals surface area contributed by atoms with E-state index in [0.717, 1.165) is 35.5 Å². The first-order chi connectivity index (χ1) is 5.00. The van der Waals surface area contributed by atoms with Gasteiger partial charge in [-0.05, 0) is 0 Å². The van der Waals surface area contributed by atoms with Crippen LogP contribution in [0.2, 0.25) is 0 Å². The standard InChI is InChI=1S/4CH4O.CH3O.Mo.Na/c5*1-2;;/h4*2H,1H3;1H3;;/q;;;;-1;;+1. The summed E-state index contributed by atoms with van der Waals surface area (Å²) in [6.07, 6.45) is 0. The van der Waals surface area contributed by atoms with Crippen molar-refractivity contribution in [2.24, 2.45) is 0 Å². The molecular weight excluding hydrogens is 259 g/mol. The van der Waals surface area contributed by atoms with Gasteiger partial charge in [0.05, 0.1) is 0 Å². The summed E-state index contributed by atoms with van der Waals surface area (Å²) >= 11 is 0. The Balaban J connectivity index is -0.00000000500. The average Bonchev–Trinajstić information content (AvgIpc) is 2.20. The summed E-state index contributed by atoms with van der Waals surface area (Å²) in [5, 5.41) is 36.2. The maximum Gasteiger partial charge on any atom is 1.00 e. The molecule has 0 saturated carbocycles. The minimum Gasteiger partial charge on any atom is -0.857 e. The normalized spacial score (nSPS) is 2.50. The van der Waals surface area contributed by atoms with Crippen LogP contribution in [0.1, 0.15) is 0 Å². The van der Waals surface area contributed by atoms with Gasteiger partial charge in [-0.2, -0.15) is 7.11 Å². The maximum atomic E-state index is 8.25. The Morgan fingerprint density at radius 2 is 0.583 bits per heavy atom. The SMILES string of the molecule is CO.CO.CO.CO.C[O-].[Mo].[Na+]. The smallest absolute Gasteiger partial charge is 0.857 e. The number of aliphatic hydroxyl groups excluding tert-OH is 4. The van der Waals surface area contributed by atoms with E-state index in [4.69, 9.17) is 25.5 Å². The summed E-state index contributed by atoms with van der Waals surface area (Å²) in [6.45, 7) is 0. The molecular formula is C5H19MoNaO5. The van der Waals surface area contributed by atoms with Crippen molar-refractivity contribution in [1.29, 1.82) is 0 Å². The van der Waals surface area contributed by atoms with Gasteiger partial charge in [-0.3, -0.25) is 0 Å². The Labute approximate surface area is 111 Å². The van der Waals surface area contributed by atoms with Crippen LogP contribution in [0, 0.1) is 0 Å². The molecule has 0 amide bonds. The van der Waals surface area contributed by atoms with Crippen LogP contribution >= 0.6 is 0 Å². The monoisotopic (exact) mass is 280 g/mol. The van der Waals surface area contributed by atoms with Crippen LogP contribution in [0.15, 0.2) is 0 Å². The van der Waals surface area contributed by atoms with E-state index >= 15 is 0 Å². The molecule has 12 heavy (non-hydrogen) atoms.